The van der Waals surface area contributed by atoms with Gasteiger partial charge in [-0.05, 0) is 6.42 Å². The first kappa shape index (κ1) is 20.8. The van der Waals surface area contributed by atoms with Crippen molar-refractivity contribution < 1.29 is 5.11 Å². The molecule has 26 heavy (non-hydrogen) atoms. The average molecular weight is 383 g/mol. The number of hydrogen-bond acceptors (Lipinski definition) is 5. The van der Waals surface area contributed by atoms with Crippen molar-refractivity contribution in [3.8, 4) is 0 Å². The molecule has 0 aliphatic carbocycles. The quantitative estimate of drug-likeness (QED) is 0.435. The van der Waals surface area contributed by atoms with Crippen LogP contribution in [0.1, 0.15) is 58.3 Å². The minimum absolute atomic E-state index is 0.0426. The van der Waals surface area contributed by atoms with Crippen molar-refractivity contribution in [2.45, 2.75) is 70.0 Å². The first-order valence-corrected chi connectivity index (χ1v) is 10.5. The summed E-state index contributed by atoms with van der Waals surface area (Å²) in [6, 6.07) is 0. The van der Waals surface area contributed by atoms with Gasteiger partial charge in [-0.2, -0.15) is 0 Å². The predicted molar refractivity (Wildman–Crippen MR) is 106 cm³/mol. The lowest BCUT2D eigenvalue weighted by Gasteiger charge is -2.08. The number of rotatable bonds is 12. The van der Waals surface area contributed by atoms with Crippen LogP contribution >= 0.6 is 11.8 Å². The van der Waals surface area contributed by atoms with E-state index >= 15 is 0 Å². The summed E-state index contributed by atoms with van der Waals surface area (Å²) in [5.41, 5.74) is -0.0156. The summed E-state index contributed by atoms with van der Waals surface area (Å²) in [5.74, 6) is 0.507. The van der Waals surface area contributed by atoms with E-state index in [1.807, 2.05) is 4.57 Å². The molecule has 2 aromatic heterocycles. The Hall–Kier alpha value is -1.54. The molecule has 2 N–H and O–H groups in total. The normalized spacial score (nSPS) is 11.5. The Bertz CT molecular complexity index is 809. The number of aliphatic hydroxyl groups is 1. The topological polar surface area (TPSA) is 92.9 Å². The van der Waals surface area contributed by atoms with E-state index in [0.717, 1.165) is 12.8 Å². The Kier molecular flexibility index (Phi) is 8.44. The number of fused-ring (bicyclic) bond motifs is 1. The Balaban J connectivity index is 2.08. The minimum atomic E-state index is -0.460. The van der Waals surface area contributed by atoms with Crippen LogP contribution < -0.4 is 11.2 Å². The number of imidazole rings is 1. The highest BCUT2D eigenvalue weighted by atomic mass is 32.2. The summed E-state index contributed by atoms with van der Waals surface area (Å²) in [7, 11) is 1.61. The molecule has 7 nitrogen and oxygen atoms in total. The molecule has 0 aliphatic heterocycles. The Morgan fingerprint density at radius 1 is 1.08 bits per heavy atom. The fourth-order valence-electron chi connectivity index (χ4n) is 3.07. The van der Waals surface area contributed by atoms with E-state index in [4.69, 9.17) is 5.11 Å². The van der Waals surface area contributed by atoms with Crippen molar-refractivity contribution in [3.63, 3.8) is 0 Å². The lowest BCUT2D eigenvalue weighted by Crippen LogP contribution is -2.29. The Morgan fingerprint density at radius 3 is 2.38 bits per heavy atom. The molecule has 2 heterocycles. The monoisotopic (exact) mass is 382 g/mol. The molecule has 0 bridgehead atoms. The fraction of sp³-hybridized carbons (Fsp3) is 0.722. The van der Waals surface area contributed by atoms with Gasteiger partial charge in [-0.1, -0.05) is 63.6 Å². The second-order valence-corrected chi connectivity index (χ2v) is 7.65. The number of nitrogens with one attached hydrogen (secondary N) is 1. The lowest BCUT2D eigenvalue weighted by atomic mass is 10.1. The second-order valence-electron chi connectivity index (χ2n) is 6.58. The van der Waals surface area contributed by atoms with E-state index in [-0.39, 0.29) is 6.61 Å². The van der Waals surface area contributed by atoms with Gasteiger partial charge >= 0.3 is 5.69 Å². The standard InChI is InChI=1S/C18H30N4O3S/c1-3-4-5-6-7-8-9-10-11-22-14-15(19-18(22)26-13-12-23)21(2)17(25)20-16(14)24/h23H,3-13H2,1-2H3,(H,20,24,25). The van der Waals surface area contributed by atoms with Gasteiger partial charge in [0.15, 0.2) is 16.3 Å². The maximum absolute atomic E-state index is 12.3. The Labute approximate surface area is 157 Å². The molecule has 0 atom stereocenters. The van der Waals surface area contributed by atoms with Gasteiger partial charge in [0.25, 0.3) is 5.56 Å². The van der Waals surface area contributed by atoms with Crippen LogP contribution in [0.4, 0.5) is 0 Å². The van der Waals surface area contributed by atoms with Crippen LogP contribution in [-0.2, 0) is 13.6 Å². The highest BCUT2D eigenvalue weighted by Gasteiger charge is 2.17. The summed E-state index contributed by atoms with van der Waals surface area (Å²) in [5, 5.41) is 9.78. The molecular formula is C18H30N4O3S. The number of thioether (sulfide) groups is 1. The van der Waals surface area contributed by atoms with E-state index in [0.29, 0.717) is 28.6 Å². The van der Waals surface area contributed by atoms with Crippen LogP contribution in [-0.4, -0.2) is 36.6 Å². The molecule has 0 unspecified atom stereocenters. The Morgan fingerprint density at radius 2 is 1.73 bits per heavy atom. The number of unbranched alkanes of at least 4 members (excludes halogenated alkanes) is 7. The molecular weight excluding hydrogens is 352 g/mol. The van der Waals surface area contributed by atoms with E-state index in [2.05, 4.69) is 16.9 Å². The first-order valence-electron chi connectivity index (χ1n) is 9.53. The highest BCUT2D eigenvalue weighted by molar-refractivity contribution is 7.99. The van der Waals surface area contributed by atoms with Gasteiger partial charge in [-0.15, -0.1) is 0 Å². The highest BCUT2D eigenvalue weighted by Crippen LogP contribution is 2.22. The number of aromatic nitrogens is 4. The maximum atomic E-state index is 12.3. The van der Waals surface area contributed by atoms with E-state index < -0.39 is 11.2 Å². The average Bonchev–Trinajstić information content (AvgIpc) is 2.99. The second kappa shape index (κ2) is 10.6. The van der Waals surface area contributed by atoms with Crippen molar-refractivity contribution in [3.05, 3.63) is 20.8 Å². The number of aliphatic hydroxyl groups excluding tert-OH is 1. The van der Waals surface area contributed by atoms with Gasteiger partial charge in [0.05, 0.1) is 6.61 Å². The number of aromatic amines is 1. The van der Waals surface area contributed by atoms with Crippen LogP contribution in [0.3, 0.4) is 0 Å². The third kappa shape index (κ3) is 5.23. The van der Waals surface area contributed by atoms with E-state index in [9.17, 15) is 9.59 Å². The SMILES string of the molecule is CCCCCCCCCCn1c(SCCO)nc2c1c(=O)[nH]c(=O)n2C. The molecule has 2 aromatic rings. The van der Waals surface area contributed by atoms with Gasteiger partial charge in [0.1, 0.15) is 0 Å². The van der Waals surface area contributed by atoms with Crippen LogP contribution in [0.15, 0.2) is 14.7 Å². The predicted octanol–water partition coefficient (Wildman–Crippen LogP) is 2.65. The zero-order valence-electron chi connectivity index (χ0n) is 15.8. The minimum Gasteiger partial charge on any atom is -0.396 e. The molecule has 0 aliphatic rings. The summed E-state index contributed by atoms with van der Waals surface area (Å²) in [4.78, 5) is 30.9. The van der Waals surface area contributed by atoms with Gasteiger partial charge < -0.3 is 9.67 Å². The zero-order valence-corrected chi connectivity index (χ0v) is 16.6. The first-order chi connectivity index (χ1) is 12.6. The lowest BCUT2D eigenvalue weighted by molar-refractivity contribution is 0.322. The van der Waals surface area contributed by atoms with Gasteiger partial charge in [0.2, 0.25) is 0 Å². The van der Waals surface area contributed by atoms with E-state index in [1.165, 1.54) is 54.9 Å². The summed E-state index contributed by atoms with van der Waals surface area (Å²) in [6.07, 6.45) is 9.71. The number of aryl methyl sites for hydroxylation is 2. The summed E-state index contributed by atoms with van der Waals surface area (Å²) in [6.45, 7) is 2.96. The molecule has 0 saturated carbocycles. The van der Waals surface area contributed by atoms with Gasteiger partial charge in [0, 0.05) is 19.3 Å². The van der Waals surface area contributed by atoms with E-state index in [1.54, 1.807) is 7.05 Å². The third-order valence-electron chi connectivity index (χ3n) is 4.53. The smallest absolute Gasteiger partial charge is 0.329 e. The zero-order chi connectivity index (χ0) is 18.9. The number of nitrogens with zero attached hydrogens (tertiary/aromatic N) is 3. The summed E-state index contributed by atoms with van der Waals surface area (Å²) < 4.78 is 3.26. The molecule has 0 fully saturated rings. The summed E-state index contributed by atoms with van der Waals surface area (Å²) >= 11 is 1.41. The van der Waals surface area contributed by atoms with Crippen LogP contribution in [0.25, 0.3) is 11.2 Å². The van der Waals surface area contributed by atoms with Crippen LogP contribution in [0, 0.1) is 0 Å². The third-order valence-corrected chi connectivity index (χ3v) is 5.49. The molecule has 0 amide bonds. The van der Waals surface area contributed by atoms with Crippen molar-refractivity contribution in [2.75, 3.05) is 12.4 Å². The van der Waals surface area contributed by atoms with Crippen LogP contribution in [0.2, 0.25) is 0 Å². The number of hydrogen-bond donors (Lipinski definition) is 2. The molecule has 8 heteroatoms. The van der Waals surface area contributed by atoms with Crippen molar-refractivity contribution in [1.82, 2.24) is 19.1 Å². The van der Waals surface area contributed by atoms with Gasteiger partial charge in [-0.25, -0.2) is 9.78 Å². The maximum Gasteiger partial charge on any atom is 0.329 e. The molecule has 2 rings (SSSR count). The van der Waals surface area contributed by atoms with Crippen molar-refractivity contribution in [1.29, 1.82) is 0 Å². The molecule has 0 aromatic carbocycles. The molecule has 0 spiro atoms. The number of H-pyrrole nitrogens is 1. The van der Waals surface area contributed by atoms with Crippen molar-refractivity contribution >= 4 is 22.9 Å². The molecule has 146 valence electrons. The fourth-order valence-corrected chi connectivity index (χ4v) is 3.84. The van der Waals surface area contributed by atoms with Gasteiger partial charge in [-0.3, -0.25) is 14.3 Å². The molecule has 0 radical (unpaired) electrons. The largest absolute Gasteiger partial charge is 0.396 e. The molecule has 0 saturated heterocycles. The van der Waals surface area contributed by atoms with Crippen molar-refractivity contribution in [2.24, 2.45) is 7.05 Å². The van der Waals surface area contributed by atoms with Crippen LogP contribution in [0.5, 0.6) is 0 Å².